The first-order valence-electron chi connectivity index (χ1n) is 10.4. The largest absolute Gasteiger partial charge is 0.545 e. The lowest BCUT2D eigenvalue weighted by molar-refractivity contribution is -0.256. The van der Waals surface area contributed by atoms with E-state index >= 15 is 0 Å². The summed E-state index contributed by atoms with van der Waals surface area (Å²) < 4.78 is 9.70. The second-order valence-corrected chi connectivity index (χ2v) is 7.54. The van der Waals surface area contributed by atoms with E-state index in [0.717, 1.165) is 22.3 Å². The van der Waals surface area contributed by atoms with Crippen molar-refractivity contribution in [3.05, 3.63) is 93.5 Å². The van der Waals surface area contributed by atoms with Crippen molar-refractivity contribution in [1.29, 1.82) is 0 Å². The van der Waals surface area contributed by atoms with E-state index in [-0.39, 0.29) is 22.6 Å². The van der Waals surface area contributed by atoms with E-state index in [1.54, 1.807) is 32.0 Å². The van der Waals surface area contributed by atoms with E-state index < -0.39 is 17.9 Å². The van der Waals surface area contributed by atoms with Crippen molar-refractivity contribution in [3.8, 4) is 11.5 Å². The second kappa shape index (κ2) is 13.4. The highest BCUT2D eigenvalue weighted by Crippen LogP contribution is 2.27. The molecule has 0 bridgehead atoms. The van der Waals surface area contributed by atoms with Crippen LogP contribution in [0.4, 0.5) is 0 Å². The number of carbonyl (C=O) groups is 3. The first-order valence-corrected chi connectivity index (χ1v) is 10.4. The minimum Gasteiger partial charge on any atom is -0.545 e. The number of methoxy groups -OCH3 is 2. The Morgan fingerprint density at radius 1 is 0.600 bits per heavy atom. The molecule has 0 saturated heterocycles. The smallest absolute Gasteiger partial charge is 0.131 e. The summed E-state index contributed by atoms with van der Waals surface area (Å²) in [5.74, 6) is -3.06. The maximum Gasteiger partial charge on any atom is 0.131 e. The zero-order valence-corrected chi connectivity index (χ0v) is 20.5. The Kier molecular flexibility index (Phi) is 11.0. The molecule has 186 valence electrons. The highest BCUT2D eigenvalue weighted by Gasteiger charge is 2.09. The summed E-state index contributed by atoms with van der Waals surface area (Å²) in [4.78, 5) is 31.5. The minimum atomic E-state index is -1.31. The van der Waals surface area contributed by atoms with Crippen LogP contribution in [-0.2, 0) is 0 Å². The first kappa shape index (κ1) is 28.7. The van der Waals surface area contributed by atoms with Gasteiger partial charge in [0.2, 0.25) is 0 Å². The number of rotatable bonds is 5. The standard InChI is InChI=1S/C10H12O2.C9H10O4.C8H8O2/c1-6-4-7(2)9(10(11)12)8(3)5-6;1-12-6-4-3-5-7(13-2)8(6)9(10)11;1-6-2-4-7(5-3-6)8(9)10/h4-5H,1-3H3,(H,11,12);3-5H,1-2H3,(H,10,11);2-5H,1H3,(H,9,10)/p-3. The summed E-state index contributed by atoms with van der Waals surface area (Å²) >= 11 is 0. The molecule has 0 aliphatic rings. The van der Waals surface area contributed by atoms with E-state index in [2.05, 4.69) is 0 Å². The summed E-state index contributed by atoms with van der Waals surface area (Å²) in [6, 6.07) is 15.0. The first-order chi connectivity index (χ1) is 16.4. The summed E-state index contributed by atoms with van der Waals surface area (Å²) in [6.45, 7) is 7.41. The van der Waals surface area contributed by atoms with Crippen molar-refractivity contribution >= 4 is 17.9 Å². The Hall–Kier alpha value is -4.33. The van der Waals surface area contributed by atoms with Gasteiger partial charge in [-0.15, -0.1) is 0 Å². The predicted octanol–water partition coefficient (Wildman–Crippen LogP) is 1.40. The van der Waals surface area contributed by atoms with Gasteiger partial charge in [-0.1, -0.05) is 53.6 Å². The maximum atomic E-state index is 10.7. The second-order valence-electron chi connectivity index (χ2n) is 7.54. The third-order valence-electron chi connectivity index (χ3n) is 4.80. The average molecular weight is 480 g/mol. The van der Waals surface area contributed by atoms with Gasteiger partial charge in [-0.2, -0.15) is 0 Å². The molecule has 0 atom stereocenters. The third kappa shape index (κ3) is 8.51. The van der Waals surface area contributed by atoms with Crippen molar-refractivity contribution in [2.24, 2.45) is 0 Å². The molecule has 3 rings (SSSR count). The van der Waals surface area contributed by atoms with E-state index in [4.69, 9.17) is 9.47 Å². The number of carboxylic acid groups (broad SMARTS) is 3. The normalized spacial score (nSPS) is 9.54. The highest BCUT2D eigenvalue weighted by molar-refractivity contribution is 5.92. The highest BCUT2D eigenvalue weighted by atomic mass is 16.5. The van der Waals surface area contributed by atoms with Crippen LogP contribution < -0.4 is 24.8 Å². The van der Waals surface area contributed by atoms with Crippen LogP contribution in [-0.4, -0.2) is 32.1 Å². The average Bonchev–Trinajstić information content (AvgIpc) is 2.78. The molecule has 3 aromatic carbocycles. The molecule has 0 saturated carbocycles. The molecule has 0 aromatic heterocycles. The molecule has 8 heteroatoms. The molecule has 0 spiro atoms. The lowest BCUT2D eigenvalue weighted by Gasteiger charge is -2.12. The van der Waals surface area contributed by atoms with Crippen LogP contribution in [0.3, 0.4) is 0 Å². The quantitative estimate of drug-likeness (QED) is 0.535. The van der Waals surface area contributed by atoms with Gasteiger partial charge in [0.1, 0.15) is 11.5 Å². The molecule has 0 unspecified atom stereocenters. The van der Waals surface area contributed by atoms with Gasteiger partial charge in [0.15, 0.2) is 0 Å². The van der Waals surface area contributed by atoms with Crippen LogP contribution in [0.25, 0.3) is 0 Å². The van der Waals surface area contributed by atoms with Crippen LogP contribution in [0, 0.1) is 27.7 Å². The SMILES string of the molecule is COc1cccc(OC)c1C(=O)[O-].Cc1cc(C)c(C(=O)[O-])c(C)c1.Cc1ccc(C(=O)[O-])cc1. The molecule has 0 fully saturated rings. The van der Waals surface area contributed by atoms with Gasteiger partial charge in [-0.05, 0) is 56.5 Å². The number of ether oxygens (including phenoxy) is 2. The number of carboxylic acids is 3. The number of carbonyl (C=O) groups excluding carboxylic acids is 3. The summed E-state index contributed by atoms with van der Waals surface area (Å²) in [6.07, 6.45) is 0. The van der Waals surface area contributed by atoms with Gasteiger partial charge < -0.3 is 39.2 Å². The summed E-state index contributed by atoms with van der Waals surface area (Å²) in [5.41, 5.74) is 4.15. The van der Waals surface area contributed by atoms with Crippen LogP contribution in [0.2, 0.25) is 0 Å². The van der Waals surface area contributed by atoms with Crippen LogP contribution >= 0.6 is 0 Å². The summed E-state index contributed by atoms with van der Waals surface area (Å²) in [7, 11) is 2.78. The van der Waals surface area contributed by atoms with Gasteiger partial charge >= 0.3 is 0 Å². The van der Waals surface area contributed by atoms with Crippen LogP contribution in [0.5, 0.6) is 11.5 Å². The number of aromatic carboxylic acids is 3. The Bertz CT molecular complexity index is 1140. The number of hydrogen-bond acceptors (Lipinski definition) is 8. The van der Waals surface area contributed by atoms with Gasteiger partial charge in [-0.25, -0.2) is 0 Å². The van der Waals surface area contributed by atoms with Crippen LogP contribution in [0.15, 0.2) is 54.6 Å². The molecule has 0 amide bonds. The van der Waals surface area contributed by atoms with Gasteiger partial charge in [-0.3, -0.25) is 0 Å². The van der Waals surface area contributed by atoms with E-state index in [1.807, 2.05) is 26.0 Å². The van der Waals surface area contributed by atoms with Crippen LogP contribution in [0.1, 0.15) is 53.3 Å². The van der Waals surface area contributed by atoms with Gasteiger partial charge in [0, 0.05) is 5.56 Å². The Morgan fingerprint density at radius 3 is 1.37 bits per heavy atom. The minimum absolute atomic E-state index is 0.0625. The fourth-order valence-electron chi connectivity index (χ4n) is 3.24. The zero-order valence-electron chi connectivity index (χ0n) is 20.5. The molecule has 0 N–H and O–H groups in total. The maximum absolute atomic E-state index is 10.7. The lowest BCUT2D eigenvalue weighted by Crippen LogP contribution is -2.24. The fourth-order valence-corrected chi connectivity index (χ4v) is 3.24. The van der Waals surface area contributed by atoms with Crippen molar-refractivity contribution in [2.75, 3.05) is 14.2 Å². The molecular weight excluding hydrogens is 452 g/mol. The Morgan fingerprint density at radius 2 is 1.03 bits per heavy atom. The molecule has 0 heterocycles. The molecule has 8 nitrogen and oxygen atoms in total. The Balaban J connectivity index is 0.000000265. The number of benzene rings is 3. The van der Waals surface area contributed by atoms with Crippen molar-refractivity contribution < 1.29 is 39.2 Å². The van der Waals surface area contributed by atoms with Gasteiger partial charge in [0.25, 0.3) is 0 Å². The van der Waals surface area contributed by atoms with Crippen molar-refractivity contribution in [3.63, 3.8) is 0 Å². The van der Waals surface area contributed by atoms with Gasteiger partial charge in [0.05, 0.1) is 37.7 Å². The zero-order chi connectivity index (χ0) is 26.7. The molecule has 0 aliphatic heterocycles. The topological polar surface area (TPSA) is 139 Å². The number of aryl methyl sites for hydroxylation is 4. The van der Waals surface area contributed by atoms with E-state index in [9.17, 15) is 29.7 Å². The molecule has 35 heavy (non-hydrogen) atoms. The molecule has 0 radical (unpaired) electrons. The van der Waals surface area contributed by atoms with E-state index in [1.165, 1.54) is 38.5 Å². The monoisotopic (exact) mass is 479 g/mol. The van der Waals surface area contributed by atoms with Crippen molar-refractivity contribution in [2.45, 2.75) is 27.7 Å². The lowest BCUT2D eigenvalue weighted by atomic mass is 10.0. The van der Waals surface area contributed by atoms with Crippen molar-refractivity contribution in [1.82, 2.24) is 0 Å². The molecule has 3 aromatic rings. The third-order valence-corrected chi connectivity index (χ3v) is 4.80. The van der Waals surface area contributed by atoms with E-state index in [0.29, 0.717) is 5.56 Å². The molecule has 0 aliphatic carbocycles. The Labute approximate surface area is 204 Å². The molecular formula is C27H27O8-3. The number of hydrogen-bond donors (Lipinski definition) is 0. The predicted molar refractivity (Wildman–Crippen MR) is 124 cm³/mol. The summed E-state index contributed by atoms with van der Waals surface area (Å²) in [5, 5.41) is 31.5. The fraction of sp³-hybridized carbons (Fsp3) is 0.222.